The second-order valence-electron chi connectivity index (χ2n) is 3.83. The molecule has 4 nitrogen and oxygen atoms in total. The van der Waals surface area contributed by atoms with Crippen LogP contribution in [0.2, 0.25) is 0 Å². The van der Waals surface area contributed by atoms with Crippen LogP contribution in [0.5, 0.6) is 0 Å². The maximum atomic E-state index is 11.7. The van der Waals surface area contributed by atoms with Crippen LogP contribution < -0.4 is 0 Å². The van der Waals surface area contributed by atoms with Crippen LogP contribution >= 0.6 is 0 Å². The molecule has 0 aliphatic carbocycles. The van der Waals surface area contributed by atoms with Gasteiger partial charge in [0.15, 0.2) is 0 Å². The molecule has 4 heteroatoms. The summed E-state index contributed by atoms with van der Waals surface area (Å²) in [4.78, 5) is 24.5. The third kappa shape index (κ3) is 1.89. The quantitative estimate of drug-likeness (QED) is 0.715. The maximum absolute atomic E-state index is 11.7. The highest BCUT2D eigenvalue weighted by Crippen LogP contribution is 2.33. The van der Waals surface area contributed by atoms with Gasteiger partial charge in [0.1, 0.15) is 5.54 Å². The summed E-state index contributed by atoms with van der Waals surface area (Å²) < 4.78 is 0. The van der Waals surface area contributed by atoms with Crippen molar-refractivity contribution in [3.05, 3.63) is 12.7 Å². The lowest BCUT2D eigenvalue weighted by Gasteiger charge is -2.33. The highest BCUT2D eigenvalue weighted by Gasteiger charge is 2.47. The summed E-state index contributed by atoms with van der Waals surface area (Å²) in [5.41, 5.74) is -0.972. The molecule has 1 N–H and O–H groups in total. The van der Waals surface area contributed by atoms with Gasteiger partial charge in [-0.25, -0.2) is 4.79 Å². The SMILES string of the molecule is C=CCC(=O)N1CCCC1(CC)C(=O)O. The minimum Gasteiger partial charge on any atom is -0.479 e. The van der Waals surface area contributed by atoms with Gasteiger partial charge >= 0.3 is 5.97 Å². The van der Waals surface area contributed by atoms with Crippen molar-refractivity contribution >= 4 is 11.9 Å². The van der Waals surface area contributed by atoms with Crippen molar-refractivity contribution in [3.8, 4) is 0 Å². The normalized spacial score (nSPS) is 25.3. The van der Waals surface area contributed by atoms with Gasteiger partial charge in [-0.2, -0.15) is 0 Å². The van der Waals surface area contributed by atoms with E-state index in [4.69, 9.17) is 0 Å². The molecule has 84 valence electrons. The minimum atomic E-state index is -0.972. The lowest BCUT2D eigenvalue weighted by atomic mass is 9.93. The zero-order valence-electron chi connectivity index (χ0n) is 9.03. The number of amides is 1. The summed E-state index contributed by atoms with van der Waals surface area (Å²) in [6.07, 6.45) is 3.52. The number of hydrogen-bond donors (Lipinski definition) is 1. The minimum absolute atomic E-state index is 0.133. The molecule has 0 radical (unpaired) electrons. The molecule has 0 aromatic rings. The van der Waals surface area contributed by atoms with E-state index in [1.54, 1.807) is 0 Å². The lowest BCUT2D eigenvalue weighted by molar-refractivity contribution is -0.156. The van der Waals surface area contributed by atoms with E-state index in [-0.39, 0.29) is 12.3 Å². The summed E-state index contributed by atoms with van der Waals surface area (Å²) >= 11 is 0. The second kappa shape index (κ2) is 4.47. The van der Waals surface area contributed by atoms with Crippen LogP contribution in [0, 0.1) is 0 Å². The van der Waals surface area contributed by atoms with Gasteiger partial charge in [-0.05, 0) is 19.3 Å². The molecular formula is C11H17NO3. The fraction of sp³-hybridized carbons (Fsp3) is 0.636. The Labute approximate surface area is 89.6 Å². The fourth-order valence-corrected chi connectivity index (χ4v) is 2.22. The number of carboxylic acid groups (broad SMARTS) is 1. The Morgan fingerprint density at radius 2 is 2.27 bits per heavy atom. The Bertz CT molecular complexity index is 288. The van der Waals surface area contributed by atoms with Crippen LogP contribution in [-0.4, -0.2) is 34.0 Å². The molecule has 0 aromatic heterocycles. The summed E-state index contributed by atoms with van der Waals surface area (Å²) in [5.74, 6) is -1.02. The molecule has 15 heavy (non-hydrogen) atoms. The molecule has 1 heterocycles. The molecule has 1 aliphatic rings. The number of likely N-dealkylation sites (tertiary alicyclic amines) is 1. The second-order valence-corrected chi connectivity index (χ2v) is 3.83. The first-order valence-corrected chi connectivity index (χ1v) is 5.23. The summed E-state index contributed by atoms with van der Waals surface area (Å²) in [6.45, 7) is 5.86. The molecule has 0 saturated carbocycles. The van der Waals surface area contributed by atoms with E-state index in [9.17, 15) is 14.7 Å². The van der Waals surface area contributed by atoms with E-state index in [1.165, 1.54) is 11.0 Å². The van der Waals surface area contributed by atoms with Crippen LogP contribution in [0.25, 0.3) is 0 Å². The predicted octanol–water partition coefficient (Wildman–Crippen LogP) is 1.42. The zero-order chi connectivity index (χ0) is 11.5. The highest BCUT2D eigenvalue weighted by atomic mass is 16.4. The van der Waals surface area contributed by atoms with Crippen molar-refractivity contribution in [2.24, 2.45) is 0 Å². The smallest absolute Gasteiger partial charge is 0.329 e. The van der Waals surface area contributed by atoms with Gasteiger partial charge in [-0.3, -0.25) is 4.79 Å². The number of nitrogens with zero attached hydrogens (tertiary/aromatic N) is 1. The Hall–Kier alpha value is -1.32. The fourth-order valence-electron chi connectivity index (χ4n) is 2.22. The lowest BCUT2D eigenvalue weighted by Crippen LogP contribution is -2.52. The van der Waals surface area contributed by atoms with Gasteiger partial charge in [0.05, 0.1) is 0 Å². The number of carbonyl (C=O) groups is 2. The molecule has 1 rings (SSSR count). The summed E-state index contributed by atoms with van der Waals surface area (Å²) in [7, 11) is 0. The van der Waals surface area contributed by atoms with Crippen molar-refractivity contribution in [1.82, 2.24) is 4.90 Å². The van der Waals surface area contributed by atoms with Crippen molar-refractivity contribution < 1.29 is 14.7 Å². The van der Waals surface area contributed by atoms with Gasteiger partial charge in [0.2, 0.25) is 5.91 Å². The first kappa shape index (κ1) is 11.8. The van der Waals surface area contributed by atoms with Crippen molar-refractivity contribution in [1.29, 1.82) is 0 Å². The molecule has 1 aliphatic heterocycles. The molecule has 0 aromatic carbocycles. The van der Waals surface area contributed by atoms with E-state index < -0.39 is 11.5 Å². The molecule has 1 saturated heterocycles. The largest absolute Gasteiger partial charge is 0.479 e. The van der Waals surface area contributed by atoms with Crippen molar-refractivity contribution in [2.75, 3.05) is 6.54 Å². The molecular weight excluding hydrogens is 194 g/mol. The Morgan fingerprint density at radius 3 is 2.73 bits per heavy atom. The summed E-state index contributed by atoms with van der Waals surface area (Å²) in [5, 5.41) is 9.23. The molecule has 0 bridgehead atoms. The van der Waals surface area contributed by atoms with E-state index in [0.717, 1.165) is 6.42 Å². The topological polar surface area (TPSA) is 57.6 Å². The van der Waals surface area contributed by atoms with Crippen molar-refractivity contribution in [2.45, 2.75) is 38.1 Å². The third-order valence-electron chi connectivity index (χ3n) is 3.09. The third-order valence-corrected chi connectivity index (χ3v) is 3.09. The zero-order valence-corrected chi connectivity index (χ0v) is 9.03. The molecule has 1 fully saturated rings. The first-order chi connectivity index (χ1) is 7.08. The summed E-state index contributed by atoms with van der Waals surface area (Å²) in [6, 6.07) is 0. The molecule has 1 amide bonds. The predicted molar refractivity (Wildman–Crippen MR) is 56.4 cm³/mol. The van der Waals surface area contributed by atoms with E-state index in [1.807, 2.05) is 6.92 Å². The number of aliphatic carboxylic acids is 1. The van der Waals surface area contributed by atoms with Gasteiger partial charge in [0, 0.05) is 13.0 Å². The van der Waals surface area contributed by atoms with Crippen LogP contribution in [-0.2, 0) is 9.59 Å². The van der Waals surface area contributed by atoms with Gasteiger partial charge < -0.3 is 10.0 Å². The standard InChI is InChI=1S/C11H17NO3/c1-3-6-9(13)12-8-5-7-11(12,4-2)10(14)15/h3H,1,4-8H2,2H3,(H,14,15). The van der Waals surface area contributed by atoms with Crippen molar-refractivity contribution in [3.63, 3.8) is 0 Å². The molecule has 1 atom stereocenters. The van der Waals surface area contributed by atoms with E-state index in [0.29, 0.717) is 19.4 Å². The Balaban J connectivity index is 2.91. The van der Waals surface area contributed by atoms with Crippen LogP contribution in [0.1, 0.15) is 32.6 Å². The van der Waals surface area contributed by atoms with Crippen LogP contribution in [0.15, 0.2) is 12.7 Å². The van der Waals surface area contributed by atoms with Gasteiger partial charge in [-0.15, -0.1) is 6.58 Å². The molecule has 0 spiro atoms. The van der Waals surface area contributed by atoms with Gasteiger partial charge in [0.25, 0.3) is 0 Å². The monoisotopic (exact) mass is 211 g/mol. The number of hydrogen-bond acceptors (Lipinski definition) is 2. The average Bonchev–Trinajstić information content (AvgIpc) is 2.62. The Kier molecular flexibility index (Phi) is 3.50. The number of carbonyl (C=O) groups excluding carboxylic acids is 1. The van der Waals surface area contributed by atoms with E-state index >= 15 is 0 Å². The average molecular weight is 211 g/mol. The maximum Gasteiger partial charge on any atom is 0.329 e. The number of carboxylic acids is 1. The highest BCUT2D eigenvalue weighted by molar-refractivity contribution is 5.88. The van der Waals surface area contributed by atoms with E-state index in [2.05, 4.69) is 6.58 Å². The Morgan fingerprint density at radius 1 is 1.60 bits per heavy atom. The molecule has 1 unspecified atom stereocenters. The first-order valence-electron chi connectivity index (χ1n) is 5.23. The van der Waals surface area contributed by atoms with Crippen LogP contribution in [0.3, 0.4) is 0 Å². The number of rotatable bonds is 4. The van der Waals surface area contributed by atoms with Crippen LogP contribution in [0.4, 0.5) is 0 Å². The van der Waals surface area contributed by atoms with Gasteiger partial charge in [-0.1, -0.05) is 13.0 Å².